The molecule has 1 aliphatic rings. The van der Waals surface area contributed by atoms with Gasteiger partial charge in [0, 0.05) is 37.6 Å². The summed E-state index contributed by atoms with van der Waals surface area (Å²) in [5.74, 6) is 1.56. The quantitative estimate of drug-likeness (QED) is 0.438. The molecule has 2 heterocycles. The van der Waals surface area contributed by atoms with Gasteiger partial charge in [-0.15, -0.1) is 0 Å². The van der Waals surface area contributed by atoms with Gasteiger partial charge in [0.05, 0.1) is 19.8 Å². The van der Waals surface area contributed by atoms with E-state index in [2.05, 4.69) is 9.97 Å². The fourth-order valence-electron chi connectivity index (χ4n) is 3.35. The van der Waals surface area contributed by atoms with Crippen molar-refractivity contribution in [3.05, 3.63) is 42.2 Å². The fraction of sp³-hybridized carbons (Fsp3) is 0.583. The van der Waals surface area contributed by atoms with E-state index in [0.29, 0.717) is 13.2 Å². The van der Waals surface area contributed by atoms with Crippen molar-refractivity contribution in [1.29, 1.82) is 0 Å². The predicted octanol–water partition coefficient (Wildman–Crippen LogP) is 4.81. The lowest BCUT2D eigenvalue weighted by molar-refractivity contribution is -0.105. The predicted molar refractivity (Wildman–Crippen MR) is 117 cm³/mol. The Bertz CT molecular complexity index is 700. The molecule has 6 nitrogen and oxygen atoms in total. The van der Waals surface area contributed by atoms with Crippen LogP contribution in [0.1, 0.15) is 51.0 Å². The second-order valence-electron chi connectivity index (χ2n) is 7.47. The lowest BCUT2D eigenvalue weighted by Crippen LogP contribution is -2.24. The summed E-state index contributed by atoms with van der Waals surface area (Å²) in [5.41, 5.74) is 2.16. The van der Waals surface area contributed by atoms with Gasteiger partial charge in [0.2, 0.25) is 0 Å². The van der Waals surface area contributed by atoms with Crippen LogP contribution in [0, 0.1) is 0 Å². The highest BCUT2D eigenvalue weighted by molar-refractivity contribution is 5.55. The van der Waals surface area contributed by atoms with E-state index in [0.717, 1.165) is 81.9 Å². The molecule has 30 heavy (non-hydrogen) atoms. The van der Waals surface area contributed by atoms with E-state index in [1.54, 1.807) is 0 Å². The van der Waals surface area contributed by atoms with Crippen LogP contribution in [0.3, 0.4) is 0 Å². The summed E-state index contributed by atoms with van der Waals surface area (Å²) < 4.78 is 22.3. The minimum absolute atomic E-state index is 0.123. The van der Waals surface area contributed by atoms with Gasteiger partial charge in [0.25, 0.3) is 0 Å². The van der Waals surface area contributed by atoms with Gasteiger partial charge >= 0.3 is 0 Å². The third-order valence-corrected chi connectivity index (χ3v) is 5.05. The molecule has 6 heteroatoms. The Kier molecular flexibility index (Phi) is 10.1. The lowest BCUT2D eigenvalue weighted by Gasteiger charge is -2.23. The Labute approximate surface area is 179 Å². The Morgan fingerprint density at radius 1 is 0.933 bits per heavy atom. The number of ether oxygens (including phenoxy) is 4. The molecule has 0 N–H and O–H groups in total. The molecule has 1 atom stereocenters. The molecular weight excluding hydrogens is 380 g/mol. The van der Waals surface area contributed by atoms with E-state index >= 15 is 0 Å². The Morgan fingerprint density at radius 2 is 1.73 bits per heavy atom. The third kappa shape index (κ3) is 8.01. The summed E-state index contributed by atoms with van der Waals surface area (Å²) in [6.45, 7) is 5.70. The van der Waals surface area contributed by atoms with Crippen molar-refractivity contribution < 1.29 is 18.9 Å². The summed E-state index contributed by atoms with van der Waals surface area (Å²) >= 11 is 0. The van der Waals surface area contributed by atoms with Crippen molar-refractivity contribution in [1.82, 2.24) is 9.97 Å². The van der Waals surface area contributed by atoms with Gasteiger partial charge in [0.15, 0.2) is 12.1 Å². The first-order valence-corrected chi connectivity index (χ1v) is 11.2. The number of rotatable bonds is 13. The number of hydrogen-bond acceptors (Lipinski definition) is 6. The smallest absolute Gasteiger partial charge is 0.199 e. The minimum Gasteiger partial charge on any atom is -0.465 e. The molecule has 0 amide bonds. The SMILES string of the molecule is CCOCCOCCCCCc1cnc(-c2ccc(OC3CCCCO3)cc2)nc1. The normalized spacial score (nSPS) is 16.5. The van der Waals surface area contributed by atoms with Crippen molar-refractivity contribution in [2.24, 2.45) is 0 Å². The summed E-state index contributed by atoms with van der Waals surface area (Å²) in [6.07, 6.45) is 11.3. The lowest BCUT2D eigenvalue weighted by atomic mass is 10.1. The zero-order chi connectivity index (χ0) is 20.9. The maximum atomic E-state index is 5.88. The number of unbranched alkanes of at least 4 members (excludes halogenated alkanes) is 2. The highest BCUT2D eigenvalue weighted by atomic mass is 16.7. The number of hydrogen-bond donors (Lipinski definition) is 0. The molecule has 0 radical (unpaired) electrons. The maximum absolute atomic E-state index is 5.88. The van der Waals surface area contributed by atoms with Crippen LogP contribution in [0.5, 0.6) is 5.75 Å². The van der Waals surface area contributed by atoms with Gasteiger partial charge in [-0.2, -0.15) is 0 Å². The van der Waals surface area contributed by atoms with Crippen LogP contribution in [0.25, 0.3) is 11.4 Å². The summed E-state index contributed by atoms with van der Waals surface area (Å²) in [7, 11) is 0. The van der Waals surface area contributed by atoms with Crippen molar-refractivity contribution in [3.63, 3.8) is 0 Å². The molecule has 1 aliphatic heterocycles. The number of aryl methyl sites for hydroxylation is 1. The van der Waals surface area contributed by atoms with E-state index in [-0.39, 0.29) is 6.29 Å². The van der Waals surface area contributed by atoms with E-state index in [1.807, 2.05) is 43.6 Å². The van der Waals surface area contributed by atoms with Gasteiger partial charge in [-0.05, 0) is 68.9 Å². The molecule has 1 saturated heterocycles. The van der Waals surface area contributed by atoms with Crippen molar-refractivity contribution >= 4 is 0 Å². The topological polar surface area (TPSA) is 62.7 Å². The van der Waals surface area contributed by atoms with Crippen LogP contribution < -0.4 is 4.74 Å². The molecule has 0 bridgehead atoms. The molecule has 0 spiro atoms. The van der Waals surface area contributed by atoms with Gasteiger partial charge in [-0.3, -0.25) is 0 Å². The Balaban J connectivity index is 1.35. The number of benzene rings is 1. The summed E-state index contributed by atoms with van der Waals surface area (Å²) in [4.78, 5) is 9.07. The van der Waals surface area contributed by atoms with Crippen LogP contribution in [0.15, 0.2) is 36.7 Å². The Morgan fingerprint density at radius 3 is 2.47 bits per heavy atom. The molecule has 3 rings (SSSR count). The molecule has 1 fully saturated rings. The average molecular weight is 415 g/mol. The molecular formula is C24H34N2O4. The zero-order valence-corrected chi connectivity index (χ0v) is 18.1. The van der Waals surface area contributed by atoms with E-state index in [4.69, 9.17) is 18.9 Å². The van der Waals surface area contributed by atoms with Crippen molar-refractivity contribution in [2.75, 3.05) is 33.0 Å². The molecule has 1 aromatic heterocycles. The molecule has 1 unspecified atom stereocenters. The Hall–Kier alpha value is -2.02. The zero-order valence-electron chi connectivity index (χ0n) is 18.1. The van der Waals surface area contributed by atoms with E-state index in [1.165, 1.54) is 5.56 Å². The maximum Gasteiger partial charge on any atom is 0.199 e. The van der Waals surface area contributed by atoms with Gasteiger partial charge < -0.3 is 18.9 Å². The van der Waals surface area contributed by atoms with Crippen LogP contribution >= 0.6 is 0 Å². The molecule has 164 valence electrons. The van der Waals surface area contributed by atoms with Crippen LogP contribution in [-0.4, -0.2) is 49.3 Å². The third-order valence-electron chi connectivity index (χ3n) is 5.05. The first-order valence-electron chi connectivity index (χ1n) is 11.2. The molecule has 0 aliphatic carbocycles. The fourth-order valence-corrected chi connectivity index (χ4v) is 3.35. The number of aromatic nitrogens is 2. The highest BCUT2D eigenvalue weighted by Crippen LogP contribution is 2.23. The van der Waals surface area contributed by atoms with Crippen LogP contribution in [-0.2, 0) is 20.6 Å². The molecule has 1 aromatic carbocycles. The first-order chi connectivity index (χ1) is 14.8. The first kappa shape index (κ1) is 22.7. The number of nitrogens with zero attached hydrogens (tertiary/aromatic N) is 2. The minimum atomic E-state index is -0.123. The molecule has 2 aromatic rings. The van der Waals surface area contributed by atoms with Gasteiger partial charge in [-0.1, -0.05) is 6.42 Å². The summed E-state index contributed by atoms with van der Waals surface area (Å²) in [5, 5.41) is 0. The molecule has 0 saturated carbocycles. The highest BCUT2D eigenvalue weighted by Gasteiger charge is 2.15. The largest absolute Gasteiger partial charge is 0.465 e. The van der Waals surface area contributed by atoms with Gasteiger partial charge in [-0.25, -0.2) is 9.97 Å². The average Bonchev–Trinajstić information content (AvgIpc) is 2.80. The second kappa shape index (κ2) is 13.3. The van der Waals surface area contributed by atoms with E-state index in [9.17, 15) is 0 Å². The van der Waals surface area contributed by atoms with Gasteiger partial charge in [0.1, 0.15) is 5.75 Å². The second-order valence-corrected chi connectivity index (χ2v) is 7.47. The van der Waals surface area contributed by atoms with Crippen LogP contribution in [0.2, 0.25) is 0 Å². The van der Waals surface area contributed by atoms with Crippen molar-refractivity contribution in [3.8, 4) is 17.1 Å². The van der Waals surface area contributed by atoms with Crippen LogP contribution in [0.4, 0.5) is 0 Å². The van der Waals surface area contributed by atoms with E-state index < -0.39 is 0 Å². The monoisotopic (exact) mass is 414 g/mol. The standard InChI is InChI=1S/C24H34N2O4/c1-2-27-16-17-28-14-6-3-4-8-20-18-25-24(26-19-20)21-10-12-22(13-11-21)30-23-9-5-7-15-29-23/h10-13,18-19,23H,2-9,14-17H2,1H3. The summed E-state index contributed by atoms with van der Waals surface area (Å²) in [6, 6.07) is 7.92. The van der Waals surface area contributed by atoms with Crippen molar-refractivity contribution in [2.45, 2.75) is 58.2 Å².